The van der Waals surface area contributed by atoms with Crippen molar-refractivity contribution >= 4 is 21.6 Å². The summed E-state index contributed by atoms with van der Waals surface area (Å²) in [7, 11) is 3.76. The van der Waals surface area contributed by atoms with E-state index < -0.39 is 0 Å². The Balaban J connectivity index is 2.22. The lowest BCUT2D eigenvalue weighted by molar-refractivity contribution is 0.202. The number of ether oxygens (including phenoxy) is 1. The highest BCUT2D eigenvalue weighted by molar-refractivity contribution is 9.10. The zero-order valence-corrected chi connectivity index (χ0v) is 15.1. The summed E-state index contributed by atoms with van der Waals surface area (Å²) in [6.07, 6.45) is 2.72. The Hall–Kier alpha value is -0.580. The second kappa shape index (κ2) is 7.61. The molecule has 118 valence electrons. The fourth-order valence-electron chi connectivity index (χ4n) is 2.76. The monoisotopic (exact) mass is 354 g/mol. The Morgan fingerprint density at radius 2 is 2.10 bits per heavy atom. The van der Waals surface area contributed by atoms with Crippen LogP contribution in [0.25, 0.3) is 0 Å². The summed E-state index contributed by atoms with van der Waals surface area (Å²) in [5, 5.41) is 3.29. The van der Waals surface area contributed by atoms with Crippen molar-refractivity contribution in [3.8, 4) is 0 Å². The topological polar surface area (TPSA) is 24.5 Å². The third-order valence-electron chi connectivity index (χ3n) is 4.55. The summed E-state index contributed by atoms with van der Waals surface area (Å²) in [5.74, 6) is 0.838. The van der Waals surface area contributed by atoms with Gasteiger partial charge < -0.3 is 15.0 Å². The standard InChI is InChI=1S/C17H27BrN2O/c1-12(19-3)15-7-8-17(16(18)11-15)20(9-10-21-4)13(2)14-5-6-14/h7-8,11-14,19H,5-6,9-10H2,1-4H3. The molecule has 0 amide bonds. The lowest BCUT2D eigenvalue weighted by Gasteiger charge is -2.32. The maximum Gasteiger partial charge on any atom is 0.0637 e. The van der Waals surface area contributed by atoms with Crippen molar-refractivity contribution < 1.29 is 4.74 Å². The van der Waals surface area contributed by atoms with Gasteiger partial charge in [-0.05, 0) is 73.3 Å². The molecular weight excluding hydrogens is 328 g/mol. The molecule has 2 unspecified atom stereocenters. The van der Waals surface area contributed by atoms with Crippen LogP contribution >= 0.6 is 15.9 Å². The number of rotatable bonds is 8. The maximum atomic E-state index is 5.30. The van der Waals surface area contributed by atoms with E-state index in [0.29, 0.717) is 12.1 Å². The predicted octanol–water partition coefficient (Wildman–Crippen LogP) is 3.98. The van der Waals surface area contributed by atoms with E-state index in [2.05, 4.69) is 58.2 Å². The first-order chi connectivity index (χ1) is 10.1. The van der Waals surface area contributed by atoms with Crippen LogP contribution in [-0.2, 0) is 4.74 Å². The van der Waals surface area contributed by atoms with Crippen LogP contribution in [-0.4, -0.2) is 33.4 Å². The number of hydrogen-bond acceptors (Lipinski definition) is 3. The Kier molecular flexibility index (Phi) is 6.08. The molecule has 0 radical (unpaired) electrons. The molecule has 1 aliphatic carbocycles. The van der Waals surface area contributed by atoms with Crippen LogP contribution in [0.1, 0.15) is 38.3 Å². The van der Waals surface area contributed by atoms with Gasteiger partial charge in [0.25, 0.3) is 0 Å². The summed E-state index contributed by atoms with van der Waals surface area (Å²) < 4.78 is 6.47. The van der Waals surface area contributed by atoms with Gasteiger partial charge in [-0.15, -0.1) is 0 Å². The lowest BCUT2D eigenvalue weighted by atomic mass is 10.1. The lowest BCUT2D eigenvalue weighted by Crippen LogP contribution is -2.37. The van der Waals surface area contributed by atoms with Gasteiger partial charge in [0.2, 0.25) is 0 Å². The van der Waals surface area contributed by atoms with E-state index in [9.17, 15) is 0 Å². The van der Waals surface area contributed by atoms with Crippen LogP contribution in [0, 0.1) is 5.92 Å². The molecule has 1 fully saturated rings. The van der Waals surface area contributed by atoms with Crippen molar-refractivity contribution in [2.24, 2.45) is 5.92 Å². The van der Waals surface area contributed by atoms with Gasteiger partial charge in [0.1, 0.15) is 0 Å². The normalized spacial score (nSPS) is 17.6. The van der Waals surface area contributed by atoms with Crippen molar-refractivity contribution in [2.75, 3.05) is 32.2 Å². The quantitative estimate of drug-likeness (QED) is 0.763. The molecule has 3 nitrogen and oxygen atoms in total. The molecule has 21 heavy (non-hydrogen) atoms. The van der Waals surface area contributed by atoms with Crippen LogP contribution < -0.4 is 10.2 Å². The second-order valence-electron chi connectivity index (χ2n) is 5.99. The molecule has 1 aromatic carbocycles. The van der Waals surface area contributed by atoms with Crippen molar-refractivity contribution in [3.05, 3.63) is 28.2 Å². The van der Waals surface area contributed by atoms with Crippen LogP contribution in [0.15, 0.2) is 22.7 Å². The number of nitrogens with one attached hydrogen (secondary N) is 1. The highest BCUT2D eigenvalue weighted by Gasteiger charge is 2.32. The Labute approximate surface area is 137 Å². The minimum absolute atomic E-state index is 0.364. The first kappa shape index (κ1) is 16.8. The first-order valence-electron chi connectivity index (χ1n) is 7.80. The zero-order chi connectivity index (χ0) is 15.4. The van der Waals surface area contributed by atoms with Crippen molar-refractivity contribution in [1.29, 1.82) is 0 Å². The largest absolute Gasteiger partial charge is 0.383 e. The van der Waals surface area contributed by atoms with Crippen LogP contribution in [0.5, 0.6) is 0 Å². The molecule has 0 aromatic heterocycles. The molecule has 2 rings (SSSR count). The summed E-state index contributed by atoms with van der Waals surface area (Å²) in [6.45, 7) is 6.22. The van der Waals surface area contributed by atoms with Crippen LogP contribution in [0.2, 0.25) is 0 Å². The molecule has 1 aliphatic rings. The molecule has 2 atom stereocenters. The van der Waals surface area contributed by atoms with Gasteiger partial charge >= 0.3 is 0 Å². The third kappa shape index (κ3) is 4.21. The molecule has 1 aromatic rings. The summed E-state index contributed by atoms with van der Waals surface area (Å²) in [4.78, 5) is 2.49. The van der Waals surface area contributed by atoms with Gasteiger partial charge in [0.05, 0.1) is 12.3 Å². The van der Waals surface area contributed by atoms with E-state index >= 15 is 0 Å². The van der Waals surface area contributed by atoms with E-state index in [1.165, 1.54) is 28.6 Å². The van der Waals surface area contributed by atoms with E-state index in [0.717, 1.165) is 19.1 Å². The van der Waals surface area contributed by atoms with Gasteiger partial charge in [-0.2, -0.15) is 0 Å². The van der Waals surface area contributed by atoms with Crippen LogP contribution in [0.4, 0.5) is 5.69 Å². The van der Waals surface area contributed by atoms with Gasteiger partial charge in [-0.3, -0.25) is 0 Å². The van der Waals surface area contributed by atoms with Gasteiger partial charge in [-0.25, -0.2) is 0 Å². The molecular formula is C17H27BrN2O. The average Bonchev–Trinajstić information content (AvgIpc) is 3.32. The highest BCUT2D eigenvalue weighted by Crippen LogP contribution is 2.39. The summed E-state index contributed by atoms with van der Waals surface area (Å²) >= 11 is 3.76. The molecule has 0 bridgehead atoms. The van der Waals surface area contributed by atoms with Gasteiger partial charge in [0, 0.05) is 30.2 Å². The van der Waals surface area contributed by atoms with Crippen molar-refractivity contribution in [2.45, 2.75) is 38.8 Å². The molecule has 1 N–H and O–H groups in total. The van der Waals surface area contributed by atoms with Crippen molar-refractivity contribution in [1.82, 2.24) is 5.32 Å². The SMILES string of the molecule is CNC(C)c1ccc(N(CCOC)C(C)C2CC2)c(Br)c1. The molecule has 0 spiro atoms. The van der Waals surface area contributed by atoms with E-state index in [1.807, 2.05) is 7.05 Å². The maximum absolute atomic E-state index is 5.30. The van der Waals surface area contributed by atoms with Gasteiger partial charge in [-0.1, -0.05) is 6.07 Å². The number of hydrogen-bond donors (Lipinski definition) is 1. The number of benzene rings is 1. The Bertz CT molecular complexity index is 462. The predicted molar refractivity (Wildman–Crippen MR) is 93.0 cm³/mol. The minimum Gasteiger partial charge on any atom is -0.383 e. The second-order valence-corrected chi connectivity index (χ2v) is 6.84. The molecule has 0 saturated heterocycles. The third-order valence-corrected chi connectivity index (χ3v) is 5.18. The Morgan fingerprint density at radius 3 is 2.62 bits per heavy atom. The van der Waals surface area contributed by atoms with Crippen LogP contribution in [0.3, 0.4) is 0 Å². The number of methoxy groups -OCH3 is 1. The van der Waals surface area contributed by atoms with E-state index in [1.54, 1.807) is 7.11 Å². The number of halogens is 1. The van der Waals surface area contributed by atoms with E-state index in [4.69, 9.17) is 4.74 Å². The molecule has 0 aliphatic heterocycles. The average molecular weight is 355 g/mol. The smallest absolute Gasteiger partial charge is 0.0637 e. The molecule has 4 heteroatoms. The fraction of sp³-hybridized carbons (Fsp3) is 0.647. The minimum atomic E-state index is 0.364. The highest BCUT2D eigenvalue weighted by atomic mass is 79.9. The summed E-state index contributed by atoms with van der Waals surface area (Å²) in [6, 6.07) is 7.63. The van der Waals surface area contributed by atoms with E-state index in [-0.39, 0.29) is 0 Å². The van der Waals surface area contributed by atoms with Crippen molar-refractivity contribution in [3.63, 3.8) is 0 Å². The molecule has 1 saturated carbocycles. The fourth-order valence-corrected chi connectivity index (χ4v) is 3.38. The first-order valence-corrected chi connectivity index (χ1v) is 8.60. The number of nitrogens with zero attached hydrogens (tertiary/aromatic N) is 1. The van der Waals surface area contributed by atoms with Gasteiger partial charge in [0.15, 0.2) is 0 Å². The molecule has 0 heterocycles. The summed E-state index contributed by atoms with van der Waals surface area (Å²) in [5.41, 5.74) is 2.58. The Morgan fingerprint density at radius 1 is 1.38 bits per heavy atom. The number of anilines is 1. The zero-order valence-electron chi connectivity index (χ0n) is 13.5.